The Balaban J connectivity index is 1.07. The summed E-state index contributed by atoms with van der Waals surface area (Å²) >= 11 is 6.43. The maximum Gasteiger partial charge on any atom is 0.410 e. The van der Waals surface area contributed by atoms with Gasteiger partial charge in [0.1, 0.15) is 27.9 Å². The number of aryl methyl sites for hydroxylation is 1. The molecule has 8 rings (SSSR count). The first kappa shape index (κ1) is 36.9. The molecule has 5 aromatic heterocycles. The fourth-order valence-corrected chi connectivity index (χ4v) is 8.16. The molecule has 2 aliphatic heterocycles. The molecule has 7 heterocycles. The Bertz CT molecular complexity index is 2640. The van der Waals surface area contributed by atoms with E-state index in [4.69, 9.17) is 16.3 Å². The molecule has 0 bridgehead atoms. The van der Waals surface area contributed by atoms with E-state index < -0.39 is 11.4 Å². The Morgan fingerprint density at radius 2 is 1.84 bits per heavy atom. The van der Waals surface area contributed by atoms with Gasteiger partial charge in [0.15, 0.2) is 0 Å². The van der Waals surface area contributed by atoms with E-state index in [1.165, 1.54) is 12.3 Å². The molecular weight excluding hydrogens is 737 g/mol. The van der Waals surface area contributed by atoms with Crippen LogP contribution in [0.2, 0.25) is 5.15 Å². The summed E-state index contributed by atoms with van der Waals surface area (Å²) in [6.45, 7) is 9.02. The molecule has 13 nitrogen and oxygen atoms in total. The summed E-state index contributed by atoms with van der Waals surface area (Å²) in [4.78, 5) is 58.1. The summed E-state index contributed by atoms with van der Waals surface area (Å²) in [6, 6.07) is 15.0. The van der Waals surface area contributed by atoms with Crippen LogP contribution in [0.5, 0.6) is 0 Å². The van der Waals surface area contributed by atoms with Gasteiger partial charge in [0.05, 0.1) is 53.3 Å². The van der Waals surface area contributed by atoms with Crippen molar-refractivity contribution in [2.75, 3.05) is 19.6 Å². The number of rotatable bonds is 5. The van der Waals surface area contributed by atoms with Gasteiger partial charge in [0.2, 0.25) is 0 Å². The molecule has 2 amide bonds. The van der Waals surface area contributed by atoms with Crippen molar-refractivity contribution >= 4 is 45.7 Å². The highest BCUT2D eigenvalue weighted by molar-refractivity contribution is 6.30. The number of piperidine rings is 1. The van der Waals surface area contributed by atoms with Gasteiger partial charge in [0, 0.05) is 54.6 Å². The fourth-order valence-electron chi connectivity index (χ4n) is 7.93. The van der Waals surface area contributed by atoms with Gasteiger partial charge in [-0.25, -0.2) is 28.9 Å². The average molecular weight is 776 g/mol. The van der Waals surface area contributed by atoms with E-state index in [1.807, 2.05) is 43.5 Å². The Morgan fingerprint density at radius 3 is 2.54 bits per heavy atom. The Morgan fingerprint density at radius 1 is 1.05 bits per heavy atom. The molecule has 286 valence electrons. The van der Waals surface area contributed by atoms with Crippen LogP contribution in [0, 0.1) is 24.1 Å². The van der Waals surface area contributed by atoms with Crippen molar-refractivity contribution < 1.29 is 18.7 Å². The van der Waals surface area contributed by atoms with Crippen LogP contribution in [-0.2, 0) is 24.2 Å². The lowest BCUT2D eigenvalue weighted by Crippen LogP contribution is -2.43. The van der Waals surface area contributed by atoms with E-state index in [1.54, 1.807) is 62.4 Å². The van der Waals surface area contributed by atoms with E-state index in [2.05, 4.69) is 15.0 Å². The predicted octanol–water partition coefficient (Wildman–Crippen LogP) is 6.72. The minimum absolute atomic E-state index is 0.181. The number of halogens is 2. The first-order valence-electron chi connectivity index (χ1n) is 18.5. The summed E-state index contributed by atoms with van der Waals surface area (Å²) in [5, 5.41) is 10.4. The second kappa shape index (κ2) is 14.2. The molecule has 15 heteroatoms. The lowest BCUT2D eigenvalue weighted by Gasteiger charge is -2.33. The van der Waals surface area contributed by atoms with Gasteiger partial charge in [-0.1, -0.05) is 17.7 Å². The highest BCUT2D eigenvalue weighted by Gasteiger charge is 2.32. The van der Waals surface area contributed by atoms with Crippen LogP contribution in [0.4, 0.5) is 9.18 Å². The molecular formula is C41H39ClFN9O4. The Labute approximate surface area is 326 Å². The summed E-state index contributed by atoms with van der Waals surface area (Å²) in [5.41, 5.74) is 4.79. The van der Waals surface area contributed by atoms with Crippen molar-refractivity contribution in [3.05, 3.63) is 116 Å². The Kier molecular flexibility index (Phi) is 9.36. The number of aromatic nitrogens is 6. The molecule has 0 radical (unpaired) electrons. The third-order valence-corrected chi connectivity index (χ3v) is 10.7. The van der Waals surface area contributed by atoms with Crippen molar-refractivity contribution in [1.29, 1.82) is 5.26 Å². The van der Waals surface area contributed by atoms with Crippen LogP contribution in [0.15, 0.2) is 65.7 Å². The van der Waals surface area contributed by atoms with Crippen LogP contribution in [-0.4, -0.2) is 75.7 Å². The zero-order valence-electron chi connectivity index (χ0n) is 31.4. The standard InChI is InChI=1S/C41H39ClFN9O4/c1-24-36-33(19-35(42)47-24)51(27-11-15-48(16-12-27)40(55)56-41(2,3)4)39(54)52(36)28-9-10-32(46-21-28)38(53)49-17-13-29-30-6-5-14-45-37(30)50(34(29)23-49)22-26-8-7-25(20-44)18-31(26)43/h5-10,14,18-19,21,27H,11-13,15-17,22-23H2,1-4H3. The van der Waals surface area contributed by atoms with Gasteiger partial charge in [-0.05, 0) is 88.9 Å². The number of hydrogen-bond donors (Lipinski definition) is 0. The molecule has 1 aromatic carbocycles. The number of amides is 2. The smallest absolute Gasteiger partial charge is 0.410 e. The first-order chi connectivity index (χ1) is 26.8. The number of pyridine rings is 3. The minimum Gasteiger partial charge on any atom is -0.444 e. The van der Waals surface area contributed by atoms with E-state index in [0.717, 1.165) is 16.6 Å². The predicted molar refractivity (Wildman–Crippen MR) is 207 cm³/mol. The number of carbonyl (C=O) groups is 2. The molecule has 56 heavy (non-hydrogen) atoms. The number of likely N-dealkylation sites (tertiary alicyclic amines) is 1. The molecule has 6 aromatic rings. The molecule has 0 unspecified atom stereocenters. The lowest BCUT2D eigenvalue weighted by molar-refractivity contribution is 0.0188. The molecule has 1 saturated heterocycles. The van der Waals surface area contributed by atoms with Crippen molar-refractivity contribution in [3.63, 3.8) is 0 Å². The monoisotopic (exact) mass is 775 g/mol. The zero-order chi connectivity index (χ0) is 39.5. The minimum atomic E-state index is -0.611. The highest BCUT2D eigenvalue weighted by Crippen LogP contribution is 2.33. The lowest BCUT2D eigenvalue weighted by atomic mass is 10.0. The third-order valence-electron chi connectivity index (χ3n) is 10.5. The number of hydrogen-bond acceptors (Lipinski definition) is 8. The molecule has 1 fully saturated rings. The third kappa shape index (κ3) is 6.66. The van der Waals surface area contributed by atoms with Crippen LogP contribution in [0.1, 0.15) is 78.2 Å². The van der Waals surface area contributed by atoms with E-state index >= 15 is 4.39 Å². The molecule has 0 atom stereocenters. The maximum atomic E-state index is 15.1. The SMILES string of the molecule is Cc1nc(Cl)cc2c1n(-c1ccc(C(=O)N3CCc4c(n(Cc5ccc(C#N)cc5F)c5ncccc45)C3)nc1)c(=O)n2C1CCN(C(=O)OC(C)(C)C)CC1. The molecule has 0 spiro atoms. The molecule has 2 aliphatic rings. The summed E-state index contributed by atoms with van der Waals surface area (Å²) in [6.07, 6.45) is 4.48. The topological polar surface area (TPSA) is 144 Å². The number of carbonyl (C=O) groups excluding carboxylic acids is 2. The van der Waals surface area contributed by atoms with Gasteiger partial charge < -0.3 is 19.1 Å². The van der Waals surface area contributed by atoms with Gasteiger partial charge in [-0.15, -0.1) is 0 Å². The van der Waals surface area contributed by atoms with Crippen LogP contribution in [0.3, 0.4) is 0 Å². The number of nitriles is 1. The van der Waals surface area contributed by atoms with Crippen molar-refractivity contribution in [2.45, 2.75) is 71.7 Å². The van der Waals surface area contributed by atoms with E-state index in [0.29, 0.717) is 72.5 Å². The normalized spacial score (nSPS) is 14.9. The maximum absolute atomic E-state index is 15.1. The zero-order valence-corrected chi connectivity index (χ0v) is 32.2. The second-order valence-corrected chi connectivity index (χ2v) is 15.7. The summed E-state index contributed by atoms with van der Waals surface area (Å²) in [7, 11) is 0. The first-order valence-corrected chi connectivity index (χ1v) is 18.9. The number of imidazole rings is 1. The van der Waals surface area contributed by atoms with Crippen molar-refractivity contribution in [2.24, 2.45) is 0 Å². The van der Waals surface area contributed by atoms with Gasteiger partial charge >= 0.3 is 11.8 Å². The van der Waals surface area contributed by atoms with Crippen LogP contribution >= 0.6 is 11.6 Å². The number of fused-ring (bicyclic) bond motifs is 4. The summed E-state index contributed by atoms with van der Waals surface area (Å²) in [5.74, 6) is -0.767. The molecule has 0 N–H and O–H groups in total. The van der Waals surface area contributed by atoms with E-state index in [-0.39, 0.29) is 53.2 Å². The quantitative estimate of drug-likeness (QED) is 0.176. The fraction of sp³-hybridized carbons (Fsp3) is 0.341. The van der Waals surface area contributed by atoms with Gasteiger partial charge in [0.25, 0.3) is 5.91 Å². The van der Waals surface area contributed by atoms with E-state index in [9.17, 15) is 19.6 Å². The highest BCUT2D eigenvalue weighted by atomic mass is 35.5. The van der Waals surface area contributed by atoms with Crippen molar-refractivity contribution in [1.82, 2.24) is 38.5 Å². The average Bonchev–Trinajstić information content (AvgIpc) is 3.65. The largest absolute Gasteiger partial charge is 0.444 e. The molecule has 0 aliphatic carbocycles. The van der Waals surface area contributed by atoms with Crippen molar-refractivity contribution in [3.8, 4) is 11.8 Å². The van der Waals surface area contributed by atoms with Gasteiger partial charge in [-0.2, -0.15) is 5.26 Å². The Hall–Kier alpha value is -6.07. The number of ether oxygens (including phenoxy) is 1. The molecule has 0 saturated carbocycles. The second-order valence-electron chi connectivity index (χ2n) is 15.3. The van der Waals surface area contributed by atoms with Gasteiger partial charge in [-0.3, -0.25) is 13.9 Å². The van der Waals surface area contributed by atoms with Crippen LogP contribution < -0.4 is 5.69 Å². The van der Waals surface area contributed by atoms with Crippen LogP contribution in [0.25, 0.3) is 27.8 Å². The number of benzene rings is 1. The summed E-state index contributed by atoms with van der Waals surface area (Å²) < 4.78 is 25.9. The number of nitrogens with zero attached hydrogens (tertiary/aromatic N) is 9.